The Hall–Kier alpha value is -2.09. The molecule has 0 saturated carbocycles. The summed E-state index contributed by atoms with van der Waals surface area (Å²) in [6, 6.07) is 3.04. The van der Waals surface area contributed by atoms with Crippen LogP contribution in [0.5, 0.6) is 0 Å². The zero-order valence-corrected chi connectivity index (χ0v) is 17.0. The Labute approximate surface area is 172 Å². The summed E-state index contributed by atoms with van der Waals surface area (Å²) in [5.41, 5.74) is 1.22. The number of hydrogen-bond acceptors (Lipinski definition) is 5. The Morgan fingerprint density at radius 1 is 1.11 bits per heavy atom. The fourth-order valence-corrected chi connectivity index (χ4v) is 3.36. The third-order valence-electron chi connectivity index (χ3n) is 4.00. The molecule has 0 amide bonds. The number of halogens is 2. The number of aromatic nitrogens is 1. The second kappa shape index (κ2) is 9.91. The zero-order chi connectivity index (χ0) is 20.8. The van der Waals surface area contributed by atoms with Crippen LogP contribution in [-0.2, 0) is 22.4 Å². The van der Waals surface area contributed by atoms with Crippen LogP contribution in [0.4, 0.5) is 0 Å². The number of nitrogens with zero attached hydrogens (tertiary/aromatic N) is 1. The highest BCUT2D eigenvalue weighted by atomic mass is 35.5. The van der Waals surface area contributed by atoms with Crippen LogP contribution in [0.15, 0.2) is 28.9 Å². The Balaban J connectivity index is 2.07. The van der Waals surface area contributed by atoms with Gasteiger partial charge in [-0.05, 0) is 36.1 Å². The Kier molecular flexibility index (Phi) is 7.86. The van der Waals surface area contributed by atoms with E-state index in [9.17, 15) is 19.8 Å². The van der Waals surface area contributed by atoms with E-state index in [-0.39, 0.29) is 12.3 Å². The minimum atomic E-state index is -1.15. The molecule has 0 bridgehead atoms. The van der Waals surface area contributed by atoms with E-state index in [0.29, 0.717) is 34.5 Å². The van der Waals surface area contributed by atoms with Gasteiger partial charge in [-0.2, -0.15) is 0 Å². The highest BCUT2D eigenvalue weighted by Crippen LogP contribution is 2.21. The number of carboxylic acid groups (broad SMARTS) is 2. The van der Waals surface area contributed by atoms with Crippen LogP contribution < -0.4 is 5.32 Å². The lowest BCUT2D eigenvalue weighted by Crippen LogP contribution is -2.48. The molecule has 9 heteroatoms. The highest BCUT2D eigenvalue weighted by molar-refractivity contribution is 6.34. The molecule has 3 N–H and O–H groups in total. The van der Waals surface area contributed by atoms with Gasteiger partial charge >= 0.3 is 11.9 Å². The number of benzene rings is 1. The summed E-state index contributed by atoms with van der Waals surface area (Å²) in [5.74, 6) is -1.75. The first kappa shape index (κ1) is 22.2. The van der Waals surface area contributed by atoms with Crippen molar-refractivity contribution in [3.63, 3.8) is 0 Å². The maximum Gasteiger partial charge on any atom is 0.321 e. The van der Waals surface area contributed by atoms with Gasteiger partial charge in [0.25, 0.3) is 0 Å². The van der Waals surface area contributed by atoms with Crippen LogP contribution in [0, 0.1) is 5.92 Å². The number of carbonyl (C=O) groups is 2. The van der Waals surface area contributed by atoms with Crippen LogP contribution in [-0.4, -0.2) is 39.2 Å². The van der Waals surface area contributed by atoms with Crippen LogP contribution >= 0.6 is 23.2 Å². The molecule has 0 aliphatic heterocycles. The van der Waals surface area contributed by atoms with Crippen molar-refractivity contribution >= 4 is 35.1 Å². The smallest absolute Gasteiger partial charge is 0.321 e. The minimum Gasteiger partial charge on any atom is -0.480 e. The molecule has 0 saturated heterocycles. The molecule has 152 valence electrons. The van der Waals surface area contributed by atoms with E-state index >= 15 is 0 Å². The van der Waals surface area contributed by atoms with Gasteiger partial charge < -0.3 is 14.6 Å². The lowest BCUT2D eigenvalue weighted by molar-refractivity contribution is -0.142. The molecule has 0 unspecified atom stereocenters. The zero-order valence-electron chi connectivity index (χ0n) is 15.5. The average molecular weight is 429 g/mol. The van der Waals surface area contributed by atoms with Crippen LogP contribution in [0.25, 0.3) is 0 Å². The predicted molar refractivity (Wildman–Crippen MR) is 105 cm³/mol. The van der Waals surface area contributed by atoms with Gasteiger partial charge in [0, 0.05) is 22.9 Å². The molecule has 2 rings (SSSR count). The molecule has 2 atom stereocenters. The number of rotatable bonds is 10. The summed E-state index contributed by atoms with van der Waals surface area (Å²) < 4.78 is 5.41. The molecule has 1 aromatic carbocycles. The lowest BCUT2D eigenvalue weighted by Gasteiger charge is -2.21. The van der Waals surface area contributed by atoms with Gasteiger partial charge in [-0.25, -0.2) is 4.98 Å². The maximum absolute atomic E-state index is 11.6. The number of hydrogen-bond donors (Lipinski definition) is 3. The van der Waals surface area contributed by atoms with Crippen molar-refractivity contribution in [1.82, 2.24) is 10.3 Å². The first-order valence-corrected chi connectivity index (χ1v) is 9.49. The second-order valence-electron chi connectivity index (χ2n) is 6.97. The summed E-state index contributed by atoms with van der Waals surface area (Å²) in [7, 11) is 0. The molecule has 0 fully saturated rings. The van der Waals surface area contributed by atoms with Crippen molar-refractivity contribution in [1.29, 1.82) is 0 Å². The van der Waals surface area contributed by atoms with Gasteiger partial charge in [-0.1, -0.05) is 37.0 Å². The molecular weight excluding hydrogens is 407 g/mol. The SMILES string of the molecule is CC(C)C[C@H](N[C@@H](Cc1coc(Cc2cc(Cl)cc(Cl)c2)n1)C(=O)O)C(=O)O. The quantitative estimate of drug-likeness (QED) is 0.528. The highest BCUT2D eigenvalue weighted by Gasteiger charge is 2.27. The average Bonchev–Trinajstić information content (AvgIpc) is 2.98. The van der Waals surface area contributed by atoms with Gasteiger partial charge in [-0.3, -0.25) is 14.9 Å². The van der Waals surface area contributed by atoms with Crippen molar-refractivity contribution in [2.75, 3.05) is 0 Å². The largest absolute Gasteiger partial charge is 0.480 e. The Morgan fingerprint density at radius 3 is 2.25 bits per heavy atom. The fourth-order valence-electron chi connectivity index (χ4n) is 2.79. The van der Waals surface area contributed by atoms with Crippen LogP contribution in [0.3, 0.4) is 0 Å². The molecule has 0 aliphatic carbocycles. The molecular formula is C19H22Cl2N2O5. The predicted octanol–water partition coefficient (Wildman–Crippen LogP) is 3.66. The van der Waals surface area contributed by atoms with Crippen molar-refractivity contribution < 1.29 is 24.2 Å². The normalized spacial score (nSPS) is 13.5. The third kappa shape index (κ3) is 6.82. The van der Waals surface area contributed by atoms with Crippen LogP contribution in [0.2, 0.25) is 10.0 Å². The van der Waals surface area contributed by atoms with E-state index in [2.05, 4.69) is 10.3 Å². The van der Waals surface area contributed by atoms with Crippen LogP contribution in [0.1, 0.15) is 37.4 Å². The number of oxazole rings is 1. The van der Waals surface area contributed by atoms with E-state index in [0.717, 1.165) is 5.56 Å². The molecule has 0 spiro atoms. The number of carboxylic acids is 2. The summed E-state index contributed by atoms with van der Waals surface area (Å²) in [5, 5.41) is 22.5. The van der Waals surface area contributed by atoms with E-state index in [4.69, 9.17) is 27.6 Å². The molecule has 1 heterocycles. The van der Waals surface area contributed by atoms with Gasteiger partial charge in [0.15, 0.2) is 5.89 Å². The summed E-state index contributed by atoms with van der Waals surface area (Å²) in [4.78, 5) is 27.3. The van der Waals surface area contributed by atoms with Crippen molar-refractivity contribution in [2.45, 2.75) is 45.2 Å². The summed E-state index contributed by atoms with van der Waals surface area (Å²) in [6.07, 6.45) is 2.03. The molecule has 7 nitrogen and oxygen atoms in total. The Bertz CT molecular complexity index is 817. The maximum atomic E-state index is 11.6. The second-order valence-corrected chi connectivity index (χ2v) is 7.84. The molecule has 28 heavy (non-hydrogen) atoms. The topological polar surface area (TPSA) is 113 Å². The standard InChI is InChI=1S/C19H22Cl2N2O5/c1-10(2)3-15(18(24)25)23-16(19(26)27)8-14-9-28-17(22-14)6-11-4-12(20)7-13(21)5-11/h4-5,7,9-10,15-16,23H,3,6,8H2,1-2H3,(H,24,25)(H,26,27)/t15-,16-/m0/s1. The molecule has 0 aliphatic rings. The first-order valence-electron chi connectivity index (χ1n) is 8.74. The summed E-state index contributed by atoms with van der Waals surface area (Å²) >= 11 is 12.0. The van der Waals surface area contributed by atoms with Gasteiger partial charge in [0.2, 0.25) is 0 Å². The van der Waals surface area contributed by atoms with E-state index in [1.54, 1.807) is 18.2 Å². The van der Waals surface area contributed by atoms with E-state index in [1.165, 1.54) is 6.26 Å². The van der Waals surface area contributed by atoms with Gasteiger partial charge in [0.05, 0.1) is 5.69 Å². The Morgan fingerprint density at radius 2 is 1.71 bits per heavy atom. The monoisotopic (exact) mass is 428 g/mol. The van der Waals surface area contributed by atoms with Gasteiger partial charge in [0.1, 0.15) is 18.3 Å². The lowest BCUT2D eigenvalue weighted by atomic mass is 10.0. The number of nitrogens with one attached hydrogen (secondary N) is 1. The first-order chi connectivity index (χ1) is 13.1. The third-order valence-corrected chi connectivity index (χ3v) is 4.43. The van der Waals surface area contributed by atoms with Crippen molar-refractivity contribution in [3.05, 3.63) is 51.7 Å². The van der Waals surface area contributed by atoms with E-state index in [1.807, 2.05) is 13.8 Å². The van der Waals surface area contributed by atoms with Crippen molar-refractivity contribution in [2.24, 2.45) is 5.92 Å². The summed E-state index contributed by atoms with van der Waals surface area (Å²) in [6.45, 7) is 3.75. The minimum absolute atomic E-state index is 0.00297. The number of aliphatic carboxylic acids is 2. The molecule has 2 aromatic rings. The molecule has 0 radical (unpaired) electrons. The fraction of sp³-hybridized carbons (Fsp3) is 0.421. The van der Waals surface area contributed by atoms with Crippen molar-refractivity contribution in [3.8, 4) is 0 Å². The van der Waals surface area contributed by atoms with E-state index < -0.39 is 24.0 Å². The molecule has 1 aromatic heterocycles. The van der Waals surface area contributed by atoms with Gasteiger partial charge in [-0.15, -0.1) is 0 Å².